The largest absolute Gasteiger partial charge is 0.416 e. The number of rotatable bonds is 7. The maximum atomic E-state index is 12.6. The van der Waals surface area contributed by atoms with E-state index < -0.39 is 17.6 Å². The van der Waals surface area contributed by atoms with Crippen LogP contribution in [0.4, 0.5) is 13.2 Å². The Kier molecular flexibility index (Phi) is 7.43. The van der Waals surface area contributed by atoms with Crippen LogP contribution in [-0.2, 0) is 19.1 Å². The molecule has 0 saturated heterocycles. The van der Waals surface area contributed by atoms with Crippen LogP contribution in [-0.4, -0.2) is 25.0 Å². The molecule has 0 unspecified atom stereocenters. The minimum absolute atomic E-state index is 0.411. The van der Waals surface area contributed by atoms with Gasteiger partial charge in [0.1, 0.15) is 0 Å². The van der Waals surface area contributed by atoms with Gasteiger partial charge in [0.05, 0.1) is 12.1 Å². The van der Waals surface area contributed by atoms with Crippen molar-refractivity contribution in [2.75, 3.05) is 13.1 Å². The fourth-order valence-electron chi connectivity index (χ4n) is 2.47. The molecular weight excluding hydrogens is 369 g/mol. The van der Waals surface area contributed by atoms with Crippen molar-refractivity contribution in [2.45, 2.75) is 26.1 Å². The molecule has 0 radical (unpaired) electrons. The van der Waals surface area contributed by atoms with E-state index in [1.165, 1.54) is 12.1 Å². The molecule has 8 heteroatoms. The summed E-state index contributed by atoms with van der Waals surface area (Å²) >= 11 is 0. The summed E-state index contributed by atoms with van der Waals surface area (Å²) in [5.74, 6) is 0.127. The molecule has 2 aromatic carbocycles. The maximum absolute atomic E-state index is 12.6. The van der Waals surface area contributed by atoms with E-state index in [1.54, 1.807) is 24.3 Å². The van der Waals surface area contributed by atoms with Crippen molar-refractivity contribution in [2.24, 2.45) is 10.7 Å². The van der Waals surface area contributed by atoms with Crippen LogP contribution in [0.5, 0.6) is 0 Å². The smallest absolute Gasteiger partial charge is 0.366 e. The fourth-order valence-corrected chi connectivity index (χ4v) is 2.47. The zero-order chi connectivity index (χ0) is 20.6. The number of aliphatic imine (C=N–C) groups is 1. The molecule has 0 aliphatic carbocycles. The number of hydrogen-bond acceptors (Lipinski definition) is 2. The number of carbonyl (C=O) groups is 1. The molecular formula is C20H23F3N4O. The number of carbonyl (C=O) groups excluding carboxylic acids is 1. The number of hydrogen-bond donors (Lipinski definition) is 3. The van der Waals surface area contributed by atoms with Gasteiger partial charge in [0.2, 0.25) is 5.91 Å². The first kappa shape index (κ1) is 21.3. The third kappa shape index (κ3) is 6.61. The van der Waals surface area contributed by atoms with Gasteiger partial charge in [0.25, 0.3) is 0 Å². The van der Waals surface area contributed by atoms with Gasteiger partial charge in [-0.3, -0.25) is 4.79 Å². The van der Waals surface area contributed by atoms with Crippen LogP contribution < -0.4 is 16.4 Å². The molecule has 0 aliphatic heterocycles. The van der Waals surface area contributed by atoms with Crippen LogP contribution in [0.3, 0.4) is 0 Å². The molecule has 0 spiro atoms. The van der Waals surface area contributed by atoms with Crippen molar-refractivity contribution in [3.05, 3.63) is 70.8 Å². The van der Waals surface area contributed by atoms with Gasteiger partial charge in [-0.2, -0.15) is 13.2 Å². The quantitative estimate of drug-likeness (QED) is 0.500. The second-order valence-electron chi connectivity index (χ2n) is 6.13. The number of benzene rings is 2. The van der Waals surface area contributed by atoms with Crippen molar-refractivity contribution in [3.63, 3.8) is 0 Å². The van der Waals surface area contributed by atoms with Crippen molar-refractivity contribution in [3.8, 4) is 0 Å². The van der Waals surface area contributed by atoms with Crippen molar-refractivity contribution >= 4 is 11.9 Å². The van der Waals surface area contributed by atoms with E-state index in [0.717, 1.165) is 23.3 Å². The average molecular weight is 392 g/mol. The van der Waals surface area contributed by atoms with E-state index >= 15 is 0 Å². The zero-order valence-corrected chi connectivity index (χ0v) is 15.5. The van der Waals surface area contributed by atoms with Gasteiger partial charge in [-0.15, -0.1) is 0 Å². The summed E-state index contributed by atoms with van der Waals surface area (Å²) in [5.41, 5.74) is 6.73. The number of amides is 1. The summed E-state index contributed by atoms with van der Waals surface area (Å²) in [7, 11) is 0. The lowest BCUT2D eigenvalue weighted by Crippen LogP contribution is -2.38. The predicted octanol–water partition coefficient (Wildman–Crippen LogP) is 3.10. The molecule has 0 bridgehead atoms. The van der Waals surface area contributed by atoms with Gasteiger partial charge >= 0.3 is 6.18 Å². The highest BCUT2D eigenvalue weighted by Gasteiger charge is 2.29. The molecule has 2 rings (SSSR count). The summed E-state index contributed by atoms with van der Waals surface area (Å²) in [6.07, 6.45) is -3.76. The molecule has 0 fully saturated rings. The summed E-state index contributed by atoms with van der Waals surface area (Å²) in [6.45, 7) is 3.55. The lowest BCUT2D eigenvalue weighted by molar-refractivity contribution is -0.137. The number of alkyl halides is 3. The molecule has 1 amide bonds. The highest BCUT2D eigenvalue weighted by molar-refractivity contribution is 5.92. The van der Waals surface area contributed by atoms with Gasteiger partial charge in [0.15, 0.2) is 5.96 Å². The molecule has 5 nitrogen and oxygen atoms in total. The fraction of sp³-hybridized carbons (Fsp3) is 0.300. The molecule has 4 N–H and O–H groups in total. The molecule has 2 aromatic rings. The van der Waals surface area contributed by atoms with Gasteiger partial charge in [-0.05, 0) is 48.7 Å². The minimum Gasteiger partial charge on any atom is -0.366 e. The molecule has 150 valence electrons. The summed E-state index contributed by atoms with van der Waals surface area (Å²) in [5, 5.41) is 6.27. The summed E-state index contributed by atoms with van der Waals surface area (Å²) in [4.78, 5) is 15.6. The third-order valence-electron chi connectivity index (χ3n) is 3.99. The van der Waals surface area contributed by atoms with Crippen LogP contribution in [0.15, 0.2) is 53.5 Å². The van der Waals surface area contributed by atoms with Gasteiger partial charge in [0, 0.05) is 18.7 Å². The first-order chi connectivity index (χ1) is 13.3. The number of nitrogens with zero attached hydrogens (tertiary/aromatic N) is 1. The van der Waals surface area contributed by atoms with Crippen molar-refractivity contribution < 1.29 is 18.0 Å². The monoisotopic (exact) mass is 392 g/mol. The Hall–Kier alpha value is -3.03. The Bertz CT molecular complexity index is 800. The van der Waals surface area contributed by atoms with E-state index in [1.807, 2.05) is 6.92 Å². The molecule has 0 atom stereocenters. The standard InChI is InChI=1S/C20H23F3N4O/c1-2-25-19(27-13-15-3-7-16(8-4-15)18(24)28)26-12-11-14-5-9-17(10-6-14)20(21,22)23/h3-10H,2,11-13H2,1H3,(H2,24,28)(H2,25,26,27). The number of halogens is 3. The second-order valence-corrected chi connectivity index (χ2v) is 6.13. The van der Waals surface area contributed by atoms with Crippen LogP contribution in [0.2, 0.25) is 0 Å². The van der Waals surface area contributed by atoms with Crippen LogP contribution in [0.1, 0.15) is 34.0 Å². The van der Waals surface area contributed by atoms with Crippen LogP contribution >= 0.6 is 0 Å². The Balaban J connectivity index is 1.89. The molecule has 0 aliphatic rings. The van der Waals surface area contributed by atoms with E-state index in [4.69, 9.17) is 5.73 Å². The highest BCUT2D eigenvalue weighted by Crippen LogP contribution is 2.29. The SMILES string of the molecule is CCNC(=NCc1ccc(C(N)=O)cc1)NCCc1ccc(C(F)(F)F)cc1. The van der Waals surface area contributed by atoms with Crippen molar-refractivity contribution in [1.82, 2.24) is 10.6 Å². The zero-order valence-electron chi connectivity index (χ0n) is 15.5. The summed E-state index contributed by atoms with van der Waals surface area (Å²) in [6, 6.07) is 12.0. The van der Waals surface area contributed by atoms with Crippen LogP contribution in [0, 0.1) is 0 Å². The maximum Gasteiger partial charge on any atom is 0.416 e. The van der Waals surface area contributed by atoms with E-state index in [9.17, 15) is 18.0 Å². The number of guanidine groups is 1. The number of nitrogens with two attached hydrogens (primary N) is 1. The first-order valence-corrected chi connectivity index (χ1v) is 8.86. The van der Waals surface area contributed by atoms with Crippen molar-refractivity contribution in [1.29, 1.82) is 0 Å². The lowest BCUT2D eigenvalue weighted by atomic mass is 10.1. The minimum atomic E-state index is -4.32. The molecule has 0 saturated carbocycles. The lowest BCUT2D eigenvalue weighted by Gasteiger charge is -2.12. The Morgan fingerprint density at radius 3 is 2.14 bits per heavy atom. The van der Waals surface area contributed by atoms with Gasteiger partial charge in [-0.25, -0.2) is 4.99 Å². The number of nitrogens with one attached hydrogen (secondary N) is 2. The Morgan fingerprint density at radius 2 is 1.61 bits per heavy atom. The van der Waals surface area contributed by atoms with E-state index in [0.29, 0.717) is 37.6 Å². The van der Waals surface area contributed by atoms with Gasteiger partial charge in [-0.1, -0.05) is 24.3 Å². The second kappa shape index (κ2) is 9.77. The first-order valence-electron chi connectivity index (χ1n) is 8.86. The topological polar surface area (TPSA) is 79.5 Å². The Labute approximate surface area is 161 Å². The van der Waals surface area contributed by atoms with Crippen LogP contribution in [0.25, 0.3) is 0 Å². The summed E-state index contributed by atoms with van der Waals surface area (Å²) < 4.78 is 37.8. The van der Waals surface area contributed by atoms with Gasteiger partial charge < -0.3 is 16.4 Å². The predicted molar refractivity (Wildman–Crippen MR) is 103 cm³/mol. The molecule has 0 aromatic heterocycles. The molecule has 0 heterocycles. The Morgan fingerprint density at radius 1 is 1.00 bits per heavy atom. The third-order valence-corrected chi connectivity index (χ3v) is 3.99. The van der Waals surface area contributed by atoms with E-state index in [2.05, 4.69) is 15.6 Å². The highest BCUT2D eigenvalue weighted by atomic mass is 19.4. The average Bonchev–Trinajstić information content (AvgIpc) is 2.66. The number of primary amides is 1. The van der Waals surface area contributed by atoms with E-state index in [-0.39, 0.29) is 0 Å². The normalized spacial score (nSPS) is 11.9. The molecule has 28 heavy (non-hydrogen) atoms.